The molecule has 0 radical (unpaired) electrons. The van der Waals surface area contributed by atoms with Crippen molar-refractivity contribution in [2.24, 2.45) is 0 Å². The minimum absolute atomic E-state index is 0.0388. The second-order valence-corrected chi connectivity index (χ2v) is 5.99. The SMILES string of the molecule is C#CCOC(=O)n1c(N)c(-c2c(Cl)cccc2Cl)c(=O)n1C(C)C. The van der Waals surface area contributed by atoms with E-state index in [0.717, 1.165) is 4.68 Å². The van der Waals surface area contributed by atoms with Gasteiger partial charge in [0.2, 0.25) is 0 Å². The van der Waals surface area contributed by atoms with Crippen LogP contribution >= 0.6 is 23.2 Å². The minimum Gasteiger partial charge on any atom is -0.435 e. The van der Waals surface area contributed by atoms with Gasteiger partial charge in [-0.15, -0.1) is 6.42 Å². The summed E-state index contributed by atoms with van der Waals surface area (Å²) in [7, 11) is 0. The maximum absolute atomic E-state index is 12.8. The number of hydrogen-bond donors (Lipinski definition) is 1. The highest BCUT2D eigenvalue weighted by Crippen LogP contribution is 2.36. The molecule has 0 aliphatic heterocycles. The zero-order chi connectivity index (χ0) is 18.0. The molecule has 0 saturated heterocycles. The van der Waals surface area contributed by atoms with Crippen LogP contribution in [0.3, 0.4) is 0 Å². The Kier molecular flexibility index (Phi) is 5.27. The van der Waals surface area contributed by atoms with Crippen molar-refractivity contribution in [3.05, 3.63) is 38.6 Å². The van der Waals surface area contributed by atoms with Gasteiger partial charge in [0.15, 0.2) is 6.61 Å². The first-order valence-corrected chi connectivity index (χ1v) is 7.74. The fourth-order valence-electron chi connectivity index (χ4n) is 2.32. The lowest BCUT2D eigenvalue weighted by Gasteiger charge is -2.13. The fraction of sp³-hybridized carbons (Fsp3) is 0.250. The number of rotatable bonds is 3. The van der Waals surface area contributed by atoms with Gasteiger partial charge in [0.25, 0.3) is 5.56 Å². The molecule has 126 valence electrons. The van der Waals surface area contributed by atoms with Gasteiger partial charge in [0.05, 0.1) is 15.6 Å². The molecule has 6 nitrogen and oxygen atoms in total. The van der Waals surface area contributed by atoms with Gasteiger partial charge in [-0.1, -0.05) is 35.2 Å². The zero-order valence-electron chi connectivity index (χ0n) is 13.0. The normalized spacial score (nSPS) is 10.7. The Morgan fingerprint density at radius 3 is 2.42 bits per heavy atom. The van der Waals surface area contributed by atoms with Gasteiger partial charge in [-0.2, -0.15) is 4.68 Å². The summed E-state index contributed by atoms with van der Waals surface area (Å²) >= 11 is 12.3. The zero-order valence-corrected chi connectivity index (χ0v) is 14.6. The molecule has 0 aliphatic rings. The average Bonchev–Trinajstić information content (AvgIpc) is 2.77. The first-order valence-electron chi connectivity index (χ1n) is 6.99. The molecular formula is C16H15Cl2N3O3. The average molecular weight is 368 g/mol. The standard InChI is InChI=1S/C16H15Cl2N3O3/c1-4-8-24-16(23)21-14(19)13(15(22)20(21)9(2)3)12-10(17)6-5-7-11(12)18/h1,5-7,9H,8,19H2,2-3H3. The number of carbonyl (C=O) groups excluding carboxylic acids is 1. The van der Waals surface area contributed by atoms with Crippen LogP contribution in [-0.2, 0) is 4.74 Å². The van der Waals surface area contributed by atoms with E-state index in [1.54, 1.807) is 32.0 Å². The lowest BCUT2D eigenvalue weighted by molar-refractivity contribution is 0.152. The Hall–Kier alpha value is -2.36. The smallest absolute Gasteiger partial charge is 0.435 e. The number of anilines is 1. The highest BCUT2D eigenvalue weighted by atomic mass is 35.5. The van der Waals surface area contributed by atoms with Gasteiger partial charge < -0.3 is 10.5 Å². The number of aromatic nitrogens is 2. The molecule has 0 aliphatic carbocycles. The molecule has 0 bridgehead atoms. The summed E-state index contributed by atoms with van der Waals surface area (Å²) in [6.07, 6.45) is 4.23. The van der Waals surface area contributed by atoms with E-state index >= 15 is 0 Å². The number of nitrogen functional groups attached to an aromatic ring is 1. The molecule has 0 amide bonds. The molecule has 0 saturated carbocycles. The minimum atomic E-state index is -0.856. The van der Waals surface area contributed by atoms with E-state index in [1.165, 1.54) is 4.68 Å². The molecule has 1 aromatic heterocycles. The maximum atomic E-state index is 12.8. The second-order valence-electron chi connectivity index (χ2n) is 5.17. The van der Waals surface area contributed by atoms with Crippen molar-refractivity contribution in [1.29, 1.82) is 0 Å². The van der Waals surface area contributed by atoms with E-state index < -0.39 is 11.7 Å². The van der Waals surface area contributed by atoms with Gasteiger partial charge in [0.1, 0.15) is 5.82 Å². The third-order valence-electron chi connectivity index (χ3n) is 3.28. The summed E-state index contributed by atoms with van der Waals surface area (Å²) in [4.78, 5) is 25.1. The first-order chi connectivity index (χ1) is 11.3. The van der Waals surface area contributed by atoms with Crippen LogP contribution in [0.5, 0.6) is 0 Å². The summed E-state index contributed by atoms with van der Waals surface area (Å²) in [6, 6.07) is 4.43. The van der Waals surface area contributed by atoms with Crippen molar-refractivity contribution in [2.45, 2.75) is 19.9 Å². The second kappa shape index (κ2) is 7.04. The number of hydrogen-bond acceptors (Lipinski definition) is 4. The molecule has 2 N–H and O–H groups in total. The van der Waals surface area contributed by atoms with Crippen LogP contribution < -0.4 is 11.3 Å². The van der Waals surface area contributed by atoms with Crippen molar-refractivity contribution >= 4 is 35.1 Å². The lowest BCUT2D eigenvalue weighted by atomic mass is 10.1. The van der Waals surface area contributed by atoms with Crippen LogP contribution in [0.2, 0.25) is 10.0 Å². The van der Waals surface area contributed by atoms with E-state index in [0.29, 0.717) is 0 Å². The monoisotopic (exact) mass is 367 g/mol. The number of halogens is 2. The largest absolute Gasteiger partial charge is 0.436 e. The molecule has 8 heteroatoms. The van der Waals surface area contributed by atoms with Crippen LogP contribution in [0, 0.1) is 12.3 Å². The van der Waals surface area contributed by atoms with Crippen molar-refractivity contribution in [3.63, 3.8) is 0 Å². The van der Waals surface area contributed by atoms with E-state index in [4.69, 9.17) is 40.1 Å². The third-order valence-corrected chi connectivity index (χ3v) is 3.91. The summed E-state index contributed by atoms with van der Waals surface area (Å²) < 4.78 is 7.01. The third kappa shape index (κ3) is 3.01. The Bertz CT molecular complexity index is 871. The van der Waals surface area contributed by atoms with Gasteiger partial charge in [0, 0.05) is 11.6 Å². The Labute approximate surface area is 148 Å². The summed E-state index contributed by atoms with van der Waals surface area (Å²) in [5, 5.41) is 0.493. The van der Waals surface area contributed by atoms with Gasteiger partial charge >= 0.3 is 6.09 Å². The molecule has 0 spiro atoms. The topological polar surface area (TPSA) is 79.2 Å². The van der Waals surface area contributed by atoms with Gasteiger partial charge in [-0.3, -0.25) is 4.79 Å². The molecule has 1 heterocycles. The van der Waals surface area contributed by atoms with Crippen molar-refractivity contribution in [2.75, 3.05) is 12.3 Å². The summed E-state index contributed by atoms with van der Waals surface area (Å²) in [6.45, 7) is 3.21. The van der Waals surface area contributed by atoms with E-state index in [1.807, 2.05) is 0 Å². The summed E-state index contributed by atoms with van der Waals surface area (Å²) in [5.74, 6) is 2.06. The van der Waals surface area contributed by atoms with Crippen LogP contribution in [0.4, 0.5) is 10.6 Å². The highest BCUT2D eigenvalue weighted by Gasteiger charge is 2.27. The quantitative estimate of drug-likeness (QED) is 0.843. The molecule has 24 heavy (non-hydrogen) atoms. The molecule has 1 aromatic carbocycles. The maximum Gasteiger partial charge on any atom is 0.436 e. The Morgan fingerprint density at radius 1 is 1.33 bits per heavy atom. The molecule has 0 unspecified atom stereocenters. The van der Waals surface area contributed by atoms with Crippen molar-refractivity contribution in [3.8, 4) is 23.5 Å². The van der Waals surface area contributed by atoms with Crippen LogP contribution in [-0.4, -0.2) is 22.1 Å². The molecule has 0 fully saturated rings. The molecule has 0 atom stereocenters. The Balaban J connectivity index is 2.79. The lowest BCUT2D eigenvalue weighted by Crippen LogP contribution is -2.30. The predicted octanol–water partition coefficient (Wildman–Crippen LogP) is 3.40. The van der Waals surface area contributed by atoms with Gasteiger partial charge in [-0.25, -0.2) is 9.48 Å². The molecule has 2 aromatic rings. The number of terminal acetylenes is 1. The van der Waals surface area contributed by atoms with Crippen LogP contribution in [0.25, 0.3) is 11.1 Å². The molecule has 2 rings (SSSR count). The van der Waals surface area contributed by atoms with Crippen LogP contribution in [0.1, 0.15) is 19.9 Å². The van der Waals surface area contributed by atoms with Crippen molar-refractivity contribution in [1.82, 2.24) is 9.36 Å². The number of nitrogens with two attached hydrogens (primary N) is 1. The first kappa shape index (κ1) is 18.0. The number of carbonyl (C=O) groups is 1. The fourth-order valence-corrected chi connectivity index (χ4v) is 2.91. The highest BCUT2D eigenvalue weighted by molar-refractivity contribution is 6.39. The van der Waals surface area contributed by atoms with Gasteiger partial charge in [-0.05, 0) is 26.0 Å². The number of benzene rings is 1. The Morgan fingerprint density at radius 2 is 1.92 bits per heavy atom. The van der Waals surface area contributed by atoms with Crippen LogP contribution in [0.15, 0.2) is 23.0 Å². The summed E-state index contributed by atoms with van der Waals surface area (Å²) in [5.41, 5.74) is 5.86. The number of nitrogens with zero attached hydrogens (tertiary/aromatic N) is 2. The molecular weight excluding hydrogens is 353 g/mol. The van der Waals surface area contributed by atoms with E-state index in [9.17, 15) is 9.59 Å². The van der Waals surface area contributed by atoms with Crippen molar-refractivity contribution < 1.29 is 9.53 Å². The van der Waals surface area contributed by atoms with E-state index in [-0.39, 0.29) is 39.6 Å². The number of ether oxygens (including phenoxy) is 1. The van der Waals surface area contributed by atoms with E-state index in [2.05, 4.69) is 5.92 Å². The predicted molar refractivity (Wildman–Crippen MR) is 94.5 cm³/mol.